The fourth-order valence-corrected chi connectivity index (χ4v) is 2.84. The number of aryl methyl sites for hydroxylation is 1. The zero-order valence-corrected chi connectivity index (χ0v) is 13.4. The van der Waals surface area contributed by atoms with Gasteiger partial charge >= 0.3 is 5.97 Å². The van der Waals surface area contributed by atoms with E-state index >= 15 is 0 Å². The van der Waals surface area contributed by atoms with Gasteiger partial charge in [0.25, 0.3) is 0 Å². The third-order valence-corrected chi connectivity index (χ3v) is 4.04. The summed E-state index contributed by atoms with van der Waals surface area (Å²) in [6.07, 6.45) is 0.838. The Morgan fingerprint density at radius 3 is 2.52 bits per heavy atom. The van der Waals surface area contributed by atoms with Gasteiger partial charge in [-0.15, -0.1) is 0 Å². The van der Waals surface area contributed by atoms with Crippen molar-refractivity contribution in [3.63, 3.8) is 0 Å². The second kappa shape index (κ2) is 7.26. The van der Waals surface area contributed by atoms with E-state index in [4.69, 9.17) is 5.11 Å². The van der Waals surface area contributed by atoms with Crippen LogP contribution in [0.3, 0.4) is 0 Å². The molecule has 6 nitrogen and oxygen atoms in total. The van der Waals surface area contributed by atoms with Crippen molar-refractivity contribution in [2.24, 2.45) is 5.92 Å². The standard InChI is InChI=1S/C17H22N2O4/c1-11(2)15-16(21)18-9-10-19(15)14(20)8-5-12-3-6-13(7-4-12)17(22)23/h3-4,6-7,11,15H,5,8-10H2,1-2H3,(H,18,21)(H,22,23)/t15-/m1/s1. The van der Waals surface area contributed by atoms with Crippen LogP contribution in [0.5, 0.6) is 0 Å². The van der Waals surface area contributed by atoms with Crippen LogP contribution in [-0.4, -0.2) is 46.9 Å². The van der Waals surface area contributed by atoms with E-state index in [-0.39, 0.29) is 23.3 Å². The zero-order chi connectivity index (χ0) is 17.0. The molecule has 0 radical (unpaired) electrons. The summed E-state index contributed by atoms with van der Waals surface area (Å²) < 4.78 is 0. The minimum atomic E-state index is -0.966. The van der Waals surface area contributed by atoms with E-state index in [1.165, 1.54) is 12.1 Å². The monoisotopic (exact) mass is 318 g/mol. The lowest BCUT2D eigenvalue weighted by atomic mass is 9.98. The lowest BCUT2D eigenvalue weighted by Gasteiger charge is -2.37. The van der Waals surface area contributed by atoms with Crippen LogP contribution in [0.1, 0.15) is 36.2 Å². The highest BCUT2D eigenvalue weighted by Gasteiger charge is 2.34. The van der Waals surface area contributed by atoms with Crippen LogP contribution in [0.4, 0.5) is 0 Å². The van der Waals surface area contributed by atoms with E-state index in [0.717, 1.165) is 5.56 Å². The van der Waals surface area contributed by atoms with Gasteiger partial charge in [-0.05, 0) is 30.0 Å². The van der Waals surface area contributed by atoms with Crippen LogP contribution in [0.2, 0.25) is 0 Å². The molecule has 1 aromatic rings. The Morgan fingerprint density at radius 2 is 1.96 bits per heavy atom. The number of piperazine rings is 1. The van der Waals surface area contributed by atoms with E-state index in [9.17, 15) is 14.4 Å². The van der Waals surface area contributed by atoms with Gasteiger partial charge in [-0.1, -0.05) is 26.0 Å². The fourth-order valence-electron chi connectivity index (χ4n) is 2.84. The van der Waals surface area contributed by atoms with Crippen LogP contribution in [0, 0.1) is 5.92 Å². The summed E-state index contributed by atoms with van der Waals surface area (Å²) in [6.45, 7) is 4.88. The van der Waals surface area contributed by atoms with Crippen LogP contribution >= 0.6 is 0 Å². The molecule has 0 unspecified atom stereocenters. The number of hydrogen-bond acceptors (Lipinski definition) is 3. The average Bonchev–Trinajstić information content (AvgIpc) is 2.52. The van der Waals surface area contributed by atoms with Crippen molar-refractivity contribution in [3.8, 4) is 0 Å². The summed E-state index contributed by atoms with van der Waals surface area (Å²) in [7, 11) is 0. The summed E-state index contributed by atoms with van der Waals surface area (Å²) in [5.74, 6) is -1.04. The maximum atomic E-state index is 12.5. The smallest absolute Gasteiger partial charge is 0.335 e. The van der Waals surface area contributed by atoms with Crippen molar-refractivity contribution in [2.45, 2.75) is 32.7 Å². The third kappa shape index (κ3) is 4.09. The van der Waals surface area contributed by atoms with Crippen LogP contribution < -0.4 is 5.32 Å². The molecule has 2 amide bonds. The summed E-state index contributed by atoms with van der Waals surface area (Å²) in [4.78, 5) is 36.9. The molecule has 1 fully saturated rings. The molecular formula is C17H22N2O4. The minimum Gasteiger partial charge on any atom is -0.478 e. The number of carboxylic acids is 1. The van der Waals surface area contributed by atoms with Crippen molar-refractivity contribution in [3.05, 3.63) is 35.4 Å². The van der Waals surface area contributed by atoms with E-state index in [1.807, 2.05) is 13.8 Å². The molecule has 1 aliphatic heterocycles. The first-order chi connectivity index (χ1) is 10.9. The molecule has 0 spiro atoms. The number of nitrogens with one attached hydrogen (secondary N) is 1. The first-order valence-electron chi connectivity index (χ1n) is 7.79. The zero-order valence-electron chi connectivity index (χ0n) is 13.4. The number of carbonyl (C=O) groups is 3. The van der Waals surface area contributed by atoms with Crippen molar-refractivity contribution in [1.82, 2.24) is 10.2 Å². The number of carbonyl (C=O) groups excluding carboxylic acids is 2. The Kier molecular flexibility index (Phi) is 5.36. The molecule has 0 saturated carbocycles. The summed E-state index contributed by atoms with van der Waals surface area (Å²) in [5, 5.41) is 11.7. The van der Waals surface area contributed by atoms with Gasteiger partial charge in [-0.2, -0.15) is 0 Å². The maximum Gasteiger partial charge on any atom is 0.335 e. The van der Waals surface area contributed by atoms with Gasteiger partial charge in [-0.3, -0.25) is 9.59 Å². The molecule has 2 N–H and O–H groups in total. The van der Waals surface area contributed by atoms with E-state index < -0.39 is 12.0 Å². The molecule has 23 heavy (non-hydrogen) atoms. The lowest BCUT2D eigenvalue weighted by molar-refractivity contribution is -0.145. The first-order valence-corrected chi connectivity index (χ1v) is 7.79. The molecule has 1 aromatic carbocycles. The van der Waals surface area contributed by atoms with Gasteiger partial charge in [-0.25, -0.2) is 4.79 Å². The number of amides is 2. The number of carboxylic acid groups (broad SMARTS) is 1. The Hall–Kier alpha value is -2.37. The Morgan fingerprint density at radius 1 is 1.30 bits per heavy atom. The second-order valence-electron chi connectivity index (χ2n) is 6.07. The van der Waals surface area contributed by atoms with Crippen molar-refractivity contribution in [2.75, 3.05) is 13.1 Å². The number of benzene rings is 1. The van der Waals surface area contributed by atoms with E-state index in [2.05, 4.69) is 5.32 Å². The predicted molar refractivity (Wildman–Crippen MR) is 85.1 cm³/mol. The van der Waals surface area contributed by atoms with Crippen LogP contribution in [0.25, 0.3) is 0 Å². The SMILES string of the molecule is CC(C)[C@@H]1C(=O)NCCN1C(=O)CCc1ccc(C(=O)O)cc1. The Labute approximate surface area is 135 Å². The third-order valence-electron chi connectivity index (χ3n) is 4.04. The number of rotatable bonds is 5. The molecule has 1 saturated heterocycles. The quantitative estimate of drug-likeness (QED) is 0.857. The molecule has 2 rings (SSSR count). The molecule has 1 heterocycles. The van der Waals surface area contributed by atoms with Gasteiger partial charge in [0.05, 0.1) is 5.56 Å². The molecule has 1 aliphatic rings. The van der Waals surface area contributed by atoms with Crippen molar-refractivity contribution in [1.29, 1.82) is 0 Å². The topological polar surface area (TPSA) is 86.7 Å². The van der Waals surface area contributed by atoms with Crippen molar-refractivity contribution < 1.29 is 19.5 Å². The molecule has 0 bridgehead atoms. The highest BCUT2D eigenvalue weighted by molar-refractivity contribution is 5.89. The van der Waals surface area contributed by atoms with Gasteiger partial charge in [0.15, 0.2) is 0 Å². The highest BCUT2D eigenvalue weighted by atomic mass is 16.4. The molecule has 1 atom stereocenters. The Bertz CT molecular complexity index is 595. The largest absolute Gasteiger partial charge is 0.478 e. The molecule has 0 aliphatic carbocycles. The summed E-state index contributed by atoms with van der Waals surface area (Å²) >= 11 is 0. The van der Waals surface area contributed by atoms with Crippen LogP contribution in [-0.2, 0) is 16.0 Å². The predicted octanol–water partition coefficient (Wildman–Crippen LogP) is 1.30. The molecule has 0 aromatic heterocycles. The lowest BCUT2D eigenvalue weighted by Crippen LogP contribution is -2.59. The van der Waals surface area contributed by atoms with Crippen molar-refractivity contribution >= 4 is 17.8 Å². The average molecular weight is 318 g/mol. The number of aromatic carboxylic acids is 1. The Balaban J connectivity index is 1.98. The maximum absolute atomic E-state index is 12.5. The number of hydrogen-bond donors (Lipinski definition) is 2. The van der Waals surface area contributed by atoms with Gasteiger partial charge in [0, 0.05) is 19.5 Å². The molecule has 124 valence electrons. The van der Waals surface area contributed by atoms with E-state index in [1.54, 1.807) is 17.0 Å². The summed E-state index contributed by atoms with van der Waals surface area (Å²) in [6, 6.07) is 6.10. The summed E-state index contributed by atoms with van der Waals surface area (Å²) in [5.41, 5.74) is 1.14. The first kappa shape index (κ1) is 17.0. The normalized spacial score (nSPS) is 18.0. The second-order valence-corrected chi connectivity index (χ2v) is 6.07. The highest BCUT2D eigenvalue weighted by Crippen LogP contribution is 2.16. The minimum absolute atomic E-state index is 0.0409. The van der Waals surface area contributed by atoms with Gasteiger partial charge < -0.3 is 15.3 Å². The van der Waals surface area contributed by atoms with Gasteiger partial charge in [0.1, 0.15) is 6.04 Å². The molecule has 6 heteroatoms. The van der Waals surface area contributed by atoms with E-state index in [0.29, 0.717) is 25.9 Å². The van der Waals surface area contributed by atoms with Crippen LogP contribution in [0.15, 0.2) is 24.3 Å². The number of nitrogens with zero attached hydrogens (tertiary/aromatic N) is 1. The molecular weight excluding hydrogens is 296 g/mol. The van der Waals surface area contributed by atoms with Gasteiger partial charge in [0.2, 0.25) is 11.8 Å². The fraction of sp³-hybridized carbons (Fsp3) is 0.471.